The van der Waals surface area contributed by atoms with Crippen LogP contribution in [-0.2, 0) is 0 Å². The summed E-state index contributed by atoms with van der Waals surface area (Å²) in [6.45, 7) is 1.94. The highest BCUT2D eigenvalue weighted by Gasteiger charge is 2.08. The number of hydrogen-bond acceptors (Lipinski definition) is 1. The predicted octanol–water partition coefficient (Wildman–Crippen LogP) is 2.12. The van der Waals surface area contributed by atoms with Gasteiger partial charge in [0.05, 0.1) is 0 Å². The zero-order chi connectivity index (χ0) is 9.14. The molecule has 3 heteroatoms. The van der Waals surface area contributed by atoms with Gasteiger partial charge >= 0.3 is 0 Å². The average molecular weight is 200 g/mol. The molecule has 0 aliphatic carbocycles. The van der Waals surface area contributed by atoms with Crippen LogP contribution in [0, 0.1) is 6.92 Å². The van der Waals surface area contributed by atoms with Crippen LogP contribution in [0.4, 0.5) is 0 Å². The molecule has 13 heavy (non-hydrogen) atoms. The van der Waals surface area contributed by atoms with Crippen LogP contribution in [0.25, 0.3) is 0 Å². The summed E-state index contributed by atoms with van der Waals surface area (Å²) in [6.07, 6.45) is 0. The Hall–Kier alpha value is -1.02. The molecular weight excluding hydrogens is 186 g/mol. The molecule has 72 valence electrons. The number of nitrogens with zero attached hydrogens (tertiary/aromatic N) is 1. The average Bonchev–Trinajstić information content (AvgIpc) is 2.04. The van der Waals surface area contributed by atoms with Crippen molar-refractivity contribution in [2.75, 3.05) is 14.1 Å². The first-order valence-electron chi connectivity index (χ1n) is 3.90. The topological polar surface area (TPSA) is 20.3 Å². The van der Waals surface area contributed by atoms with Crippen LogP contribution in [0.15, 0.2) is 24.3 Å². The minimum absolute atomic E-state index is 0. The monoisotopic (exact) mass is 199 g/mol. The SMILES string of the molecule is Cc1ccccc1C(=O)N(C)C.Cl. The quantitative estimate of drug-likeness (QED) is 0.679. The number of carbonyl (C=O) groups excluding carboxylic acids is 1. The molecule has 0 bridgehead atoms. The van der Waals surface area contributed by atoms with Crippen LogP contribution >= 0.6 is 12.4 Å². The lowest BCUT2D eigenvalue weighted by atomic mass is 10.1. The molecule has 0 aliphatic heterocycles. The van der Waals surface area contributed by atoms with Crippen LogP contribution in [0.2, 0.25) is 0 Å². The van der Waals surface area contributed by atoms with E-state index in [-0.39, 0.29) is 18.3 Å². The molecule has 0 fully saturated rings. The van der Waals surface area contributed by atoms with Gasteiger partial charge in [-0.05, 0) is 18.6 Å². The molecule has 0 saturated carbocycles. The number of amides is 1. The third-order valence-corrected chi connectivity index (χ3v) is 1.78. The molecule has 1 aromatic rings. The Morgan fingerprint density at radius 2 is 1.77 bits per heavy atom. The van der Waals surface area contributed by atoms with Crippen molar-refractivity contribution in [3.63, 3.8) is 0 Å². The predicted molar refractivity (Wildman–Crippen MR) is 56.4 cm³/mol. The Labute approximate surface area is 85.0 Å². The molecular formula is C10H14ClNO. The van der Waals surface area contributed by atoms with E-state index < -0.39 is 0 Å². The van der Waals surface area contributed by atoms with Crippen molar-refractivity contribution in [1.82, 2.24) is 4.90 Å². The molecule has 0 spiro atoms. The number of rotatable bonds is 1. The van der Waals surface area contributed by atoms with Gasteiger partial charge in [0.2, 0.25) is 0 Å². The molecule has 1 amide bonds. The molecule has 0 N–H and O–H groups in total. The second kappa shape index (κ2) is 4.87. The standard InChI is InChI=1S/C10H13NO.ClH/c1-8-6-4-5-7-9(8)10(12)11(2)3;/h4-7H,1-3H3;1H. The smallest absolute Gasteiger partial charge is 0.253 e. The maximum atomic E-state index is 11.5. The Balaban J connectivity index is 0.00000144. The molecule has 0 heterocycles. The number of benzene rings is 1. The summed E-state index contributed by atoms with van der Waals surface area (Å²) >= 11 is 0. The van der Waals surface area contributed by atoms with Crippen LogP contribution in [0.5, 0.6) is 0 Å². The molecule has 1 aromatic carbocycles. The van der Waals surface area contributed by atoms with Crippen LogP contribution < -0.4 is 0 Å². The third kappa shape index (κ3) is 2.74. The van der Waals surface area contributed by atoms with Crippen molar-refractivity contribution in [3.05, 3.63) is 35.4 Å². The van der Waals surface area contributed by atoms with Crippen molar-refractivity contribution >= 4 is 18.3 Å². The molecule has 0 saturated heterocycles. The summed E-state index contributed by atoms with van der Waals surface area (Å²) in [6, 6.07) is 7.60. The maximum Gasteiger partial charge on any atom is 0.253 e. The van der Waals surface area contributed by atoms with E-state index >= 15 is 0 Å². The van der Waals surface area contributed by atoms with Crippen molar-refractivity contribution in [3.8, 4) is 0 Å². The Kier molecular flexibility index (Phi) is 4.49. The van der Waals surface area contributed by atoms with Gasteiger partial charge < -0.3 is 4.90 Å². The minimum atomic E-state index is 0. The van der Waals surface area contributed by atoms with Crippen molar-refractivity contribution in [2.45, 2.75) is 6.92 Å². The Bertz CT molecular complexity index is 297. The summed E-state index contributed by atoms with van der Waals surface area (Å²) in [4.78, 5) is 13.1. The van der Waals surface area contributed by atoms with Gasteiger partial charge in [-0.1, -0.05) is 18.2 Å². The van der Waals surface area contributed by atoms with Gasteiger partial charge in [0, 0.05) is 19.7 Å². The molecule has 0 aliphatic rings. The molecule has 0 aromatic heterocycles. The van der Waals surface area contributed by atoms with Gasteiger partial charge in [-0.2, -0.15) is 0 Å². The first-order valence-corrected chi connectivity index (χ1v) is 3.90. The van der Waals surface area contributed by atoms with Gasteiger partial charge in [-0.3, -0.25) is 4.79 Å². The fourth-order valence-corrected chi connectivity index (χ4v) is 1.05. The van der Waals surface area contributed by atoms with Gasteiger partial charge in [0.15, 0.2) is 0 Å². The number of halogens is 1. The summed E-state index contributed by atoms with van der Waals surface area (Å²) in [5.74, 6) is 0.0631. The van der Waals surface area contributed by atoms with E-state index in [1.165, 1.54) is 0 Å². The lowest BCUT2D eigenvalue weighted by Crippen LogP contribution is -2.22. The molecule has 0 unspecified atom stereocenters. The first kappa shape index (κ1) is 12.0. The highest BCUT2D eigenvalue weighted by atomic mass is 35.5. The first-order chi connectivity index (χ1) is 5.63. The lowest BCUT2D eigenvalue weighted by Gasteiger charge is -2.11. The zero-order valence-corrected chi connectivity index (χ0v) is 8.89. The van der Waals surface area contributed by atoms with Gasteiger partial charge in [-0.25, -0.2) is 0 Å². The fraction of sp³-hybridized carbons (Fsp3) is 0.300. The summed E-state index contributed by atoms with van der Waals surface area (Å²) in [5, 5.41) is 0. The Morgan fingerprint density at radius 1 is 1.23 bits per heavy atom. The van der Waals surface area contributed by atoms with E-state index in [2.05, 4.69) is 0 Å². The normalized spacial score (nSPS) is 8.85. The lowest BCUT2D eigenvalue weighted by molar-refractivity contribution is 0.0827. The number of hydrogen-bond donors (Lipinski definition) is 0. The summed E-state index contributed by atoms with van der Waals surface area (Å²) in [5.41, 5.74) is 1.80. The van der Waals surface area contributed by atoms with E-state index in [9.17, 15) is 4.79 Å². The third-order valence-electron chi connectivity index (χ3n) is 1.78. The van der Waals surface area contributed by atoms with Crippen molar-refractivity contribution in [1.29, 1.82) is 0 Å². The van der Waals surface area contributed by atoms with E-state index in [1.807, 2.05) is 31.2 Å². The summed E-state index contributed by atoms with van der Waals surface area (Å²) < 4.78 is 0. The van der Waals surface area contributed by atoms with Gasteiger partial charge in [-0.15, -0.1) is 12.4 Å². The van der Waals surface area contributed by atoms with Crippen LogP contribution in [-0.4, -0.2) is 24.9 Å². The van der Waals surface area contributed by atoms with Crippen LogP contribution in [0.1, 0.15) is 15.9 Å². The molecule has 0 atom stereocenters. The summed E-state index contributed by atoms with van der Waals surface area (Å²) in [7, 11) is 3.52. The van der Waals surface area contributed by atoms with Crippen molar-refractivity contribution < 1.29 is 4.79 Å². The second-order valence-electron chi connectivity index (χ2n) is 3.01. The van der Waals surface area contributed by atoms with E-state index in [0.29, 0.717) is 0 Å². The number of aryl methyl sites for hydroxylation is 1. The molecule has 0 radical (unpaired) electrons. The van der Waals surface area contributed by atoms with Crippen LogP contribution in [0.3, 0.4) is 0 Å². The maximum absolute atomic E-state index is 11.5. The molecule has 2 nitrogen and oxygen atoms in total. The minimum Gasteiger partial charge on any atom is -0.345 e. The van der Waals surface area contributed by atoms with Crippen molar-refractivity contribution in [2.24, 2.45) is 0 Å². The Morgan fingerprint density at radius 3 is 2.23 bits per heavy atom. The van der Waals surface area contributed by atoms with Gasteiger partial charge in [0.1, 0.15) is 0 Å². The zero-order valence-electron chi connectivity index (χ0n) is 8.07. The second-order valence-corrected chi connectivity index (χ2v) is 3.01. The fourth-order valence-electron chi connectivity index (χ4n) is 1.05. The largest absolute Gasteiger partial charge is 0.345 e. The van der Waals surface area contributed by atoms with E-state index in [1.54, 1.807) is 19.0 Å². The number of carbonyl (C=O) groups is 1. The molecule has 1 rings (SSSR count). The van der Waals surface area contributed by atoms with E-state index in [0.717, 1.165) is 11.1 Å². The highest BCUT2D eigenvalue weighted by molar-refractivity contribution is 5.95. The highest BCUT2D eigenvalue weighted by Crippen LogP contribution is 2.08. The van der Waals surface area contributed by atoms with Gasteiger partial charge in [0.25, 0.3) is 5.91 Å². The van der Waals surface area contributed by atoms with E-state index in [4.69, 9.17) is 0 Å².